The van der Waals surface area contributed by atoms with E-state index in [2.05, 4.69) is 10.4 Å². The van der Waals surface area contributed by atoms with E-state index in [1.807, 2.05) is 20.9 Å². The van der Waals surface area contributed by atoms with Gasteiger partial charge in [0.05, 0.1) is 29.2 Å². The highest BCUT2D eigenvalue weighted by atomic mass is 16.6. The highest BCUT2D eigenvalue weighted by molar-refractivity contribution is 5.95. The predicted molar refractivity (Wildman–Crippen MR) is 101 cm³/mol. The Morgan fingerprint density at radius 3 is 2.63 bits per heavy atom. The molecule has 1 atom stereocenters. The van der Waals surface area contributed by atoms with Crippen LogP contribution in [0, 0.1) is 10.1 Å². The number of hydrogen-bond acceptors (Lipinski definition) is 6. The largest absolute Gasteiger partial charge is 0.466 e. The number of nitro groups is 1. The van der Waals surface area contributed by atoms with E-state index in [1.54, 1.807) is 29.8 Å². The van der Waals surface area contributed by atoms with E-state index in [-0.39, 0.29) is 11.6 Å². The number of methoxy groups -OCH3 is 1. The number of benzene rings is 1. The minimum absolute atomic E-state index is 0.0388. The van der Waals surface area contributed by atoms with Crippen molar-refractivity contribution >= 4 is 17.5 Å². The molecular weight excluding hydrogens is 348 g/mol. The van der Waals surface area contributed by atoms with Crippen LogP contribution in [0.2, 0.25) is 0 Å². The Morgan fingerprint density at radius 1 is 1.37 bits per heavy atom. The van der Waals surface area contributed by atoms with Crippen LogP contribution in [-0.2, 0) is 16.6 Å². The van der Waals surface area contributed by atoms with E-state index < -0.39 is 16.8 Å². The number of nitro benzene ring substituents is 1. The molecule has 0 spiro atoms. The number of hydrogen-bond donors (Lipinski definition) is 1. The van der Waals surface area contributed by atoms with Crippen molar-refractivity contribution in [2.75, 3.05) is 12.4 Å². The lowest BCUT2D eigenvalue weighted by Crippen LogP contribution is -2.25. The summed E-state index contributed by atoms with van der Waals surface area (Å²) in [6.45, 7) is 5.77. The average molecular weight is 370 g/mol. The van der Waals surface area contributed by atoms with Gasteiger partial charge in [-0.2, -0.15) is 5.10 Å². The zero-order chi connectivity index (χ0) is 19.9. The molecule has 2 heterocycles. The van der Waals surface area contributed by atoms with Gasteiger partial charge in [-0.05, 0) is 12.8 Å². The topological polar surface area (TPSA) is 99.3 Å². The zero-order valence-corrected chi connectivity index (χ0v) is 15.9. The number of anilines is 1. The Balaban J connectivity index is 2.38. The van der Waals surface area contributed by atoms with Crippen LogP contribution < -0.4 is 5.32 Å². The molecule has 1 unspecified atom stereocenters. The van der Waals surface area contributed by atoms with Gasteiger partial charge in [0.1, 0.15) is 5.82 Å². The van der Waals surface area contributed by atoms with Crippen LogP contribution in [-0.4, -0.2) is 27.8 Å². The first kappa shape index (κ1) is 18.6. The maximum atomic E-state index is 12.6. The van der Waals surface area contributed by atoms with Crippen LogP contribution in [0.3, 0.4) is 0 Å². The molecule has 27 heavy (non-hydrogen) atoms. The lowest BCUT2D eigenvalue weighted by molar-refractivity contribution is -0.385. The first-order chi connectivity index (χ1) is 12.8. The Labute approximate surface area is 157 Å². The molecule has 0 saturated carbocycles. The molecule has 0 fully saturated rings. The first-order valence-corrected chi connectivity index (χ1v) is 8.64. The molecule has 0 amide bonds. The van der Waals surface area contributed by atoms with Crippen LogP contribution in [0.1, 0.15) is 49.4 Å². The molecule has 8 nitrogen and oxygen atoms in total. The smallest absolute Gasteiger partial charge is 0.336 e. The summed E-state index contributed by atoms with van der Waals surface area (Å²) in [5.74, 6) is -0.356. The number of allylic oxidation sites excluding steroid dienone is 1. The molecule has 1 N–H and O–H groups in total. The molecule has 0 saturated heterocycles. The maximum Gasteiger partial charge on any atom is 0.336 e. The van der Waals surface area contributed by atoms with E-state index in [9.17, 15) is 14.9 Å². The fourth-order valence-corrected chi connectivity index (χ4v) is 3.62. The van der Waals surface area contributed by atoms with E-state index in [0.717, 1.165) is 17.1 Å². The minimum atomic E-state index is -0.638. The van der Waals surface area contributed by atoms with Crippen molar-refractivity contribution in [1.29, 1.82) is 0 Å². The van der Waals surface area contributed by atoms with Gasteiger partial charge in [0.25, 0.3) is 5.69 Å². The van der Waals surface area contributed by atoms with Crippen LogP contribution in [0.4, 0.5) is 11.5 Å². The number of nitrogens with zero attached hydrogens (tertiary/aromatic N) is 3. The van der Waals surface area contributed by atoms with Gasteiger partial charge in [0.15, 0.2) is 0 Å². The van der Waals surface area contributed by atoms with Crippen molar-refractivity contribution in [3.63, 3.8) is 0 Å². The zero-order valence-electron chi connectivity index (χ0n) is 15.9. The second-order valence-corrected chi connectivity index (χ2v) is 6.83. The summed E-state index contributed by atoms with van der Waals surface area (Å²) >= 11 is 0. The number of ether oxygens (including phenoxy) is 1. The molecule has 2 aromatic rings. The lowest BCUT2D eigenvalue weighted by Gasteiger charge is -2.28. The average Bonchev–Trinajstić information content (AvgIpc) is 2.96. The predicted octanol–water partition coefficient (Wildman–Crippen LogP) is 3.46. The fourth-order valence-electron chi connectivity index (χ4n) is 3.62. The third kappa shape index (κ3) is 2.97. The molecular formula is C19H22N4O4. The molecule has 0 radical (unpaired) electrons. The van der Waals surface area contributed by atoms with Crippen molar-refractivity contribution in [1.82, 2.24) is 9.78 Å². The van der Waals surface area contributed by atoms with Gasteiger partial charge in [-0.25, -0.2) is 4.79 Å². The molecule has 142 valence electrons. The maximum absolute atomic E-state index is 12.6. The van der Waals surface area contributed by atoms with Gasteiger partial charge in [-0.1, -0.05) is 32.0 Å². The van der Waals surface area contributed by atoms with Crippen molar-refractivity contribution in [3.05, 3.63) is 62.5 Å². The lowest BCUT2D eigenvalue weighted by atomic mass is 9.79. The number of carbonyl (C=O) groups excluding carboxylic acids is 1. The molecule has 3 rings (SSSR count). The number of rotatable bonds is 4. The van der Waals surface area contributed by atoms with Crippen LogP contribution >= 0.6 is 0 Å². The molecule has 1 aromatic carbocycles. The number of aryl methyl sites for hydroxylation is 1. The van der Waals surface area contributed by atoms with E-state index in [1.165, 1.54) is 13.2 Å². The molecule has 1 aliphatic rings. The Morgan fingerprint density at radius 2 is 2.04 bits per heavy atom. The van der Waals surface area contributed by atoms with Gasteiger partial charge in [-0.3, -0.25) is 14.8 Å². The van der Waals surface area contributed by atoms with E-state index >= 15 is 0 Å². The fraction of sp³-hybridized carbons (Fsp3) is 0.368. The number of fused-ring (bicyclic) bond motifs is 1. The van der Waals surface area contributed by atoms with Gasteiger partial charge < -0.3 is 10.1 Å². The van der Waals surface area contributed by atoms with Crippen molar-refractivity contribution < 1.29 is 14.5 Å². The number of para-hydroxylation sites is 1. The van der Waals surface area contributed by atoms with Crippen molar-refractivity contribution in [2.45, 2.75) is 32.6 Å². The Bertz CT molecular complexity index is 959. The van der Waals surface area contributed by atoms with Crippen LogP contribution in [0.25, 0.3) is 0 Å². The second-order valence-electron chi connectivity index (χ2n) is 6.83. The summed E-state index contributed by atoms with van der Waals surface area (Å²) < 4.78 is 6.71. The quantitative estimate of drug-likeness (QED) is 0.503. The van der Waals surface area contributed by atoms with Gasteiger partial charge in [0.2, 0.25) is 0 Å². The van der Waals surface area contributed by atoms with E-state index in [0.29, 0.717) is 16.8 Å². The number of nitrogens with one attached hydrogen (secondary N) is 1. The second kappa shape index (κ2) is 6.86. The third-order valence-electron chi connectivity index (χ3n) is 4.80. The SMILES string of the molecule is COC(=O)C1=C(C)Nc2c(c(C(C)C)nn2C)C1c1ccccc1[N+](=O)[O-]. The molecule has 1 aliphatic heterocycles. The Hall–Kier alpha value is -3.16. The van der Waals surface area contributed by atoms with Crippen molar-refractivity contribution in [2.24, 2.45) is 7.05 Å². The van der Waals surface area contributed by atoms with Gasteiger partial charge >= 0.3 is 5.97 Å². The standard InChI is InChI=1S/C19H22N4O4/c1-10(2)17-16-15(12-8-6-7-9-13(12)23(25)26)14(19(24)27-5)11(3)20-18(16)22(4)21-17/h6-10,15,20H,1-5H3. The van der Waals surface area contributed by atoms with Crippen LogP contribution in [0.15, 0.2) is 35.5 Å². The summed E-state index contributed by atoms with van der Waals surface area (Å²) in [6, 6.07) is 6.49. The van der Waals surface area contributed by atoms with Gasteiger partial charge in [0, 0.05) is 29.9 Å². The van der Waals surface area contributed by atoms with Crippen LogP contribution in [0.5, 0.6) is 0 Å². The third-order valence-corrected chi connectivity index (χ3v) is 4.80. The first-order valence-electron chi connectivity index (χ1n) is 8.64. The molecule has 1 aromatic heterocycles. The highest BCUT2D eigenvalue weighted by Gasteiger charge is 2.40. The highest BCUT2D eigenvalue weighted by Crippen LogP contribution is 2.47. The monoisotopic (exact) mass is 370 g/mol. The normalized spacial score (nSPS) is 16.1. The Kier molecular flexibility index (Phi) is 4.73. The summed E-state index contributed by atoms with van der Waals surface area (Å²) in [6.07, 6.45) is 0. The summed E-state index contributed by atoms with van der Waals surface area (Å²) in [4.78, 5) is 23.9. The van der Waals surface area contributed by atoms with E-state index in [4.69, 9.17) is 4.74 Å². The number of carbonyl (C=O) groups is 1. The minimum Gasteiger partial charge on any atom is -0.466 e. The van der Waals surface area contributed by atoms with Gasteiger partial charge in [-0.15, -0.1) is 0 Å². The summed E-state index contributed by atoms with van der Waals surface area (Å²) in [5.41, 5.74) is 2.91. The number of esters is 1. The van der Waals surface area contributed by atoms with Crippen molar-refractivity contribution in [3.8, 4) is 0 Å². The number of aromatic nitrogens is 2. The molecule has 0 bridgehead atoms. The molecule has 8 heteroatoms. The summed E-state index contributed by atoms with van der Waals surface area (Å²) in [5, 5.41) is 19.5. The summed E-state index contributed by atoms with van der Waals surface area (Å²) in [7, 11) is 3.12. The molecule has 0 aliphatic carbocycles.